The predicted octanol–water partition coefficient (Wildman–Crippen LogP) is 19.1. The maximum Gasteiger partial charge on any atom is 0.0618 e. The second-order valence-corrected chi connectivity index (χ2v) is 17.6. The van der Waals surface area contributed by atoms with Crippen LogP contribution >= 0.6 is 0 Å². The van der Waals surface area contributed by atoms with Crippen LogP contribution in [0, 0.1) is 0 Å². The van der Waals surface area contributed by atoms with Crippen molar-refractivity contribution in [2.75, 3.05) is 4.90 Å². The van der Waals surface area contributed by atoms with Crippen molar-refractivity contribution in [2.24, 2.45) is 0 Å². The molecule has 0 aliphatic rings. The van der Waals surface area contributed by atoms with E-state index in [4.69, 9.17) is 0 Å². The number of nitrogens with zero attached hydrogens (tertiary/aromatic N) is 1. The Bertz CT molecular complexity index is 3660. The minimum absolute atomic E-state index is 1.06. The van der Waals surface area contributed by atoms with Crippen LogP contribution in [0.3, 0.4) is 0 Å². The zero-order chi connectivity index (χ0) is 45.9. The second kappa shape index (κ2) is 18.3. The normalized spacial score (nSPS) is 11.2. The highest BCUT2D eigenvalue weighted by Crippen LogP contribution is 2.50. The van der Waals surface area contributed by atoms with Crippen molar-refractivity contribution < 1.29 is 0 Å². The third kappa shape index (κ3) is 7.86. The van der Waals surface area contributed by atoms with Crippen LogP contribution < -0.4 is 4.90 Å². The summed E-state index contributed by atoms with van der Waals surface area (Å²) in [5.41, 5.74) is 19.8. The van der Waals surface area contributed by atoms with Crippen LogP contribution in [0.5, 0.6) is 0 Å². The third-order valence-corrected chi connectivity index (χ3v) is 13.5. The standard InChI is InChI=1S/C68H47N/c1-7-22-49(23-8-1)58-45-43-57(47-64(58)52-28-13-4-14-29-52)69(68-59(50-24-9-2-10-25-50)36-21-37-60(68)51-26-11-3-12-27-51)56-41-38-48(39-42-56)55-40-44-62-61-34-19-20-35-63(61)66(53-30-15-5-16-31-53)67(65(62)46-55)54-32-17-6-18-33-54/h1-47H. The second-order valence-electron chi connectivity index (χ2n) is 17.6. The molecule has 0 N–H and O–H groups in total. The topological polar surface area (TPSA) is 3.24 Å². The van der Waals surface area contributed by atoms with E-state index < -0.39 is 0 Å². The molecule has 0 unspecified atom stereocenters. The van der Waals surface area contributed by atoms with Crippen LogP contribution in [0.1, 0.15) is 0 Å². The Balaban J connectivity index is 1.08. The summed E-state index contributed by atoms with van der Waals surface area (Å²) in [6.07, 6.45) is 0. The van der Waals surface area contributed by atoms with Gasteiger partial charge in [0.05, 0.1) is 5.69 Å². The number of hydrogen-bond donors (Lipinski definition) is 0. The van der Waals surface area contributed by atoms with Gasteiger partial charge in [0.15, 0.2) is 0 Å². The Morgan fingerprint density at radius 3 is 1.10 bits per heavy atom. The van der Waals surface area contributed by atoms with Gasteiger partial charge in [-0.1, -0.05) is 255 Å². The van der Waals surface area contributed by atoms with Crippen molar-refractivity contribution in [2.45, 2.75) is 0 Å². The van der Waals surface area contributed by atoms with Crippen molar-refractivity contribution >= 4 is 38.6 Å². The Kier molecular flexibility index (Phi) is 11.0. The van der Waals surface area contributed by atoms with Crippen LogP contribution in [0.2, 0.25) is 0 Å². The van der Waals surface area contributed by atoms with Gasteiger partial charge in [-0.25, -0.2) is 0 Å². The van der Waals surface area contributed by atoms with E-state index >= 15 is 0 Å². The fourth-order valence-corrected chi connectivity index (χ4v) is 10.3. The first-order valence-corrected chi connectivity index (χ1v) is 23.8. The summed E-state index contributed by atoms with van der Waals surface area (Å²) < 4.78 is 0. The maximum atomic E-state index is 2.47. The molecule has 0 aliphatic heterocycles. The summed E-state index contributed by atoms with van der Waals surface area (Å²) in [5, 5.41) is 4.99. The van der Waals surface area contributed by atoms with E-state index in [2.05, 4.69) is 290 Å². The summed E-state index contributed by atoms with van der Waals surface area (Å²) in [4.78, 5) is 2.47. The minimum Gasteiger partial charge on any atom is -0.309 e. The Morgan fingerprint density at radius 2 is 0.580 bits per heavy atom. The lowest BCUT2D eigenvalue weighted by Gasteiger charge is -2.31. The zero-order valence-corrected chi connectivity index (χ0v) is 38.1. The van der Waals surface area contributed by atoms with Gasteiger partial charge < -0.3 is 4.90 Å². The molecule has 0 aromatic heterocycles. The molecular formula is C68H47N. The Labute approximate surface area is 404 Å². The number of fused-ring (bicyclic) bond motifs is 3. The summed E-state index contributed by atoms with van der Waals surface area (Å²) >= 11 is 0. The minimum atomic E-state index is 1.06. The molecule has 0 radical (unpaired) electrons. The maximum absolute atomic E-state index is 2.47. The quantitative estimate of drug-likeness (QED) is 0.124. The lowest BCUT2D eigenvalue weighted by atomic mass is 9.84. The molecule has 1 nitrogen and oxygen atoms in total. The molecule has 0 fully saturated rings. The lowest BCUT2D eigenvalue weighted by Crippen LogP contribution is -2.13. The van der Waals surface area contributed by atoms with Gasteiger partial charge in [0.2, 0.25) is 0 Å². The Hall–Kier alpha value is -9.04. The summed E-state index contributed by atoms with van der Waals surface area (Å²) in [6.45, 7) is 0. The lowest BCUT2D eigenvalue weighted by molar-refractivity contribution is 1.28. The number of benzene rings is 12. The van der Waals surface area contributed by atoms with Gasteiger partial charge in [-0.2, -0.15) is 0 Å². The number of hydrogen-bond acceptors (Lipinski definition) is 1. The van der Waals surface area contributed by atoms with E-state index in [1.807, 2.05) is 0 Å². The molecule has 0 saturated heterocycles. The molecule has 1 heteroatoms. The highest BCUT2D eigenvalue weighted by Gasteiger charge is 2.24. The molecule has 0 aliphatic carbocycles. The van der Waals surface area contributed by atoms with Crippen molar-refractivity contribution in [1.82, 2.24) is 0 Å². The van der Waals surface area contributed by atoms with Gasteiger partial charge in [0.25, 0.3) is 0 Å². The number of rotatable bonds is 10. The first kappa shape index (κ1) is 41.4. The smallest absolute Gasteiger partial charge is 0.0618 e. The van der Waals surface area contributed by atoms with Gasteiger partial charge >= 0.3 is 0 Å². The average molecular weight is 878 g/mol. The highest BCUT2D eigenvalue weighted by atomic mass is 15.1. The van der Waals surface area contributed by atoms with Crippen LogP contribution in [0.4, 0.5) is 17.1 Å². The molecule has 12 rings (SSSR count). The van der Waals surface area contributed by atoms with E-state index in [0.717, 1.165) is 44.9 Å². The Morgan fingerprint density at radius 1 is 0.188 bits per heavy atom. The molecule has 0 amide bonds. The predicted molar refractivity (Wildman–Crippen MR) is 294 cm³/mol. The fourth-order valence-electron chi connectivity index (χ4n) is 10.3. The summed E-state index contributed by atoms with van der Waals surface area (Å²) in [6, 6.07) is 104. The molecule has 0 heterocycles. The van der Waals surface area contributed by atoms with Crippen LogP contribution in [-0.2, 0) is 0 Å². The van der Waals surface area contributed by atoms with Crippen molar-refractivity contribution in [3.8, 4) is 77.9 Å². The molecule has 0 saturated carbocycles. The number of anilines is 3. The van der Waals surface area contributed by atoms with Crippen LogP contribution in [0.15, 0.2) is 285 Å². The molecule has 12 aromatic rings. The summed E-state index contributed by atoms with van der Waals surface area (Å²) in [5.74, 6) is 0. The average Bonchev–Trinajstić information content (AvgIpc) is 3.44. The van der Waals surface area contributed by atoms with Gasteiger partial charge in [-0.15, -0.1) is 0 Å². The number of para-hydroxylation sites is 1. The molecule has 324 valence electrons. The third-order valence-electron chi connectivity index (χ3n) is 13.5. The van der Waals surface area contributed by atoms with Crippen molar-refractivity contribution in [1.29, 1.82) is 0 Å². The van der Waals surface area contributed by atoms with Crippen LogP contribution in [0.25, 0.3) is 99.4 Å². The fraction of sp³-hybridized carbons (Fsp3) is 0. The molecule has 0 bridgehead atoms. The van der Waals surface area contributed by atoms with E-state index in [0.29, 0.717) is 0 Å². The van der Waals surface area contributed by atoms with E-state index in [9.17, 15) is 0 Å². The molecule has 69 heavy (non-hydrogen) atoms. The molecular weight excluding hydrogens is 831 g/mol. The zero-order valence-electron chi connectivity index (χ0n) is 38.1. The van der Waals surface area contributed by atoms with E-state index in [1.165, 1.54) is 71.6 Å². The summed E-state index contributed by atoms with van der Waals surface area (Å²) in [7, 11) is 0. The van der Waals surface area contributed by atoms with Gasteiger partial charge in [0.1, 0.15) is 0 Å². The largest absolute Gasteiger partial charge is 0.309 e. The SMILES string of the molecule is c1ccc(-c2ccc(N(c3ccc(-c4ccc5c(c4)c(-c4ccccc4)c(-c4ccccc4)c4ccccc45)cc3)c3c(-c4ccccc4)cccc3-c3ccccc3)cc2-c2ccccc2)cc1. The van der Waals surface area contributed by atoms with Gasteiger partial charge in [0, 0.05) is 22.5 Å². The first-order chi connectivity index (χ1) is 34.3. The monoisotopic (exact) mass is 877 g/mol. The van der Waals surface area contributed by atoms with E-state index in [1.54, 1.807) is 0 Å². The first-order valence-electron chi connectivity index (χ1n) is 23.8. The van der Waals surface area contributed by atoms with Crippen LogP contribution in [-0.4, -0.2) is 0 Å². The van der Waals surface area contributed by atoms with Crippen molar-refractivity contribution in [3.63, 3.8) is 0 Å². The van der Waals surface area contributed by atoms with Gasteiger partial charge in [-0.3, -0.25) is 0 Å². The van der Waals surface area contributed by atoms with Gasteiger partial charge in [-0.05, 0) is 119 Å². The molecule has 12 aromatic carbocycles. The molecule has 0 atom stereocenters. The molecule has 0 spiro atoms. The van der Waals surface area contributed by atoms with Crippen molar-refractivity contribution in [3.05, 3.63) is 285 Å². The van der Waals surface area contributed by atoms with E-state index in [-0.39, 0.29) is 0 Å². The highest BCUT2D eigenvalue weighted by molar-refractivity contribution is 6.22.